The maximum atomic E-state index is 5.61. The summed E-state index contributed by atoms with van der Waals surface area (Å²) in [6.07, 6.45) is 3.87. The summed E-state index contributed by atoms with van der Waals surface area (Å²) in [5, 5.41) is 0. The van der Waals surface area contributed by atoms with Crippen LogP contribution in [0.25, 0.3) is 0 Å². The van der Waals surface area contributed by atoms with E-state index in [0.717, 1.165) is 25.7 Å². The standard InChI is InChI=1S/C13H26O4/c1-6-7-8-13(15-5)11(10-14-4)9-12(2,3)16-17-13/h11H,6-10H2,1-5H3/t11-,13+/m1/s1. The van der Waals surface area contributed by atoms with Gasteiger partial charge < -0.3 is 9.47 Å². The molecule has 1 rings (SSSR count). The van der Waals surface area contributed by atoms with Crippen LogP contribution < -0.4 is 0 Å². The van der Waals surface area contributed by atoms with Crippen LogP contribution >= 0.6 is 0 Å². The molecule has 0 spiro atoms. The summed E-state index contributed by atoms with van der Waals surface area (Å²) < 4.78 is 10.9. The SMILES string of the molecule is CCCC[C@]1(OC)OOC(C)(C)C[C@@H]1COC. The van der Waals surface area contributed by atoms with E-state index in [9.17, 15) is 0 Å². The van der Waals surface area contributed by atoms with Crippen molar-refractivity contribution in [1.29, 1.82) is 0 Å². The van der Waals surface area contributed by atoms with E-state index in [2.05, 4.69) is 6.92 Å². The molecule has 0 saturated carbocycles. The summed E-state index contributed by atoms with van der Waals surface area (Å²) in [5.41, 5.74) is -0.280. The molecule has 0 aromatic heterocycles. The Kier molecular flexibility index (Phi) is 5.38. The van der Waals surface area contributed by atoms with Crippen molar-refractivity contribution in [2.75, 3.05) is 20.8 Å². The molecule has 1 aliphatic heterocycles. The molecule has 4 nitrogen and oxygen atoms in total. The smallest absolute Gasteiger partial charge is 0.206 e. The molecule has 0 aromatic rings. The lowest BCUT2D eigenvalue weighted by Crippen LogP contribution is -2.53. The molecule has 17 heavy (non-hydrogen) atoms. The molecule has 0 aromatic carbocycles. The average Bonchev–Trinajstić information content (AvgIpc) is 2.29. The van der Waals surface area contributed by atoms with Crippen LogP contribution in [0.2, 0.25) is 0 Å². The average molecular weight is 246 g/mol. The molecule has 0 radical (unpaired) electrons. The first-order valence-corrected chi connectivity index (χ1v) is 6.40. The second kappa shape index (κ2) is 6.14. The van der Waals surface area contributed by atoms with Crippen molar-refractivity contribution >= 4 is 0 Å². The molecular weight excluding hydrogens is 220 g/mol. The molecule has 0 unspecified atom stereocenters. The first-order chi connectivity index (χ1) is 7.99. The Morgan fingerprint density at radius 3 is 2.47 bits per heavy atom. The van der Waals surface area contributed by atoms with Gasteiger partial charge in [-0.05, 0) is 26.7 Å². The molecule has 0 amide bonds. The second-order valence-corrected chi connectivity index (χ2v) is 5.40. The lowest BCUT2D eigenvalue weighted by Gasteiger charge is -2.46. The highest BCUT2D eigenvalue weighted by molar-refractivity contribution is 4.87. The fraction of sp³-hybridized carbons (Fsp3) is 1.00. The van der Waals surface area contributed by atoms with Crippen molar-refractivity contribution in [3.63, 3.8) is 0 Å². The molecule has 1 heterocycles. The number of unbranched alkanes of at least 4 members (excludes halogenated alkanes) is 1. The molecule has 4 heteroatoms. The Morgan fingerprint density at radius 2 is 1.94 bits per heavy atom. The van der Waals surface area contributed by atoms with Crippen molar-refractivity contribution in [2.45, 2.75) is 57.8 Å². The van der Waals surface area contributed by atoms with Gasteiger partial charge in [-0.25, -0.2) is 9.78 Å². The van der Waals surface area contributed by atoms with Crippen molar-refractivity contribution in [3.8, 4) is 0 Å². The van der Waals surface area contributed by atoms with E-state index in [0.29, 0.717) is 6.61 Å². The normalized spacial score (nSPS) is 32.6. The zero-order valence-electron chi connectivity index (χ0n) is 11.7. The third-order valence-electron chi connectivity index (χ3n) is 3.36. The summed E-state index contributed by atoms with van der Waals surface area (Å²) in [7, 11) is 3.39. The highest BCUT2D eigenvalue weighted by Crippen LogP contribution is 2.41. The van der Waals surface area contributed by atoms with Crippen molar-refractivity contribution in [3.05, 3.63) is 0 Å². The Balaban J connectivity index is 2.77. The quantitative estimate of drug-likeness (QED) is 0.675. The summed E-state index contributed by atoms with van der Waals surface area (Å²) in [5.74, 6) is -0.450. The van der Waals surface area contributed by atoms with Gasteiger partial charge in [-0.3, -0.25) is 0 Å². The molecule has 0 bridgehead atoms. The van der Waals surface area contributed by atoms with Crippen LogP contribution in [0.3, 0.4) is 0 Å². The zero-order valence-corrected chi connectivity index (χ0v) is 11.7. The number of rotatable bonds is 6. The van der Waals surface area contributed by atoms with Crippen LogP contribution in [0.1, 0.15) is 46.5 Å². The van der Waals surface area contributed by atoms with Gasteiger partial charge in [0.2, 0.25) is 5.79 Å². The number of hydrogen-bond donors (Lipinski definition) is 0. The van der Waals surface area contributed by atoms with Crippen molar-refractivity contribution < 1.29 is 19.2 Å². The summed E-state index contributed by atoms with van der Waals surface area (Å²) >= 11 is 0. The first-order valence-electron chi connectivity index (χ1n) is 6.40. The Morgan fingerprint density at radius 1 is 1.24 bits per heavy atom. The molecule has 1 saturated heterocycles. The van der Waals surface area contributed by atoms with Crippen molar-refractivity contribution in [2.24, 2.45) is 5.92 Å². The van der Waals surface area contributed by atoms with Crippen LogP contribution in [-0.4, -0.2) is 32.2 Å². The van der Waals surface area contributed by atoms with Crippen LogP contribution in [0.15, 0.2) is 0 Å². The summed E-state index contributed by atoms with van der Waals surface area (Å²) in [6, 6.07) is 0. The fourth-order valence-corrected chi connectivity index (χ4v) is 2.39. The van der Waals surface area contributed by atoms with Gasteiger partial charge >= 0.3 is 0 Å². The predicted molar refractivity (Wildman–Crippen MR) is 65.5 cm³/mol. The maximum Gasteiger partial charge on any atom is 0.206 e. The van der Waals surface area contributed by atoms with Crippen LogP contribution in [0.5, 0.6) is 0 Å². The first kappa shape index (κ1) is 14.9. The van der Waals surface area contributed by atoms with Crippen molar-refractivity contribution in [1.82, 2.24) is 0 Å². The van der Waals surface area contributed by atoms with Crippen LogP contribution in [-0.2, 0) is 19.2 Å². The molecule has 2 atom stereocenters. The van der Waals surface area contributed by atoms with E-state index in [4.69, 9.17) is 19.2 Å². The zero-order chi connectivity index (χ0) is 12.9. The third kappa shape index (κ3) is 3.65. The minimum absolute atomic E-state index is 0.202. The van der Waals surface area contributed by atoms with Gasteiger partial charge in [0, 0.05) is 26.6 Å². The van der Waals surface area contributed by atoms with E-state index in [-0.39, 0.29) is 11.5 Å². The minimum atomic E-state index is -0.651. The Labute approximate surface area is 104 Å². The minimum Gasteiger partial charge on any atom is -0.384 e. The van der Waals surface area contributed by atoms with Gasteiger partial charge in [0.25, 0.3) is 0 Å². The monoisotopic (exact) mass is 246 g/mol. The highest BCUT2D eigenvalue weighted by atomic mass is 17.2. The van der Waals surface area contributed by atoms with E-state index in [1.54, 1.807) is 14.2 Å². The lowest BCUT2D eigenvalue weighted by molar-refractivity contribution is -0.502. The number of hydrogen-bond acceptors (Lipinski definition) is 4. The van der Waals surface area contributed by atoms with Gasteiger partial charge in [-0.2, -0.15) is 0 Å². The van der Waals surface area contributed by atoms with E-state index < -0.39 is 5.79 Å². The predicted octanol–water partition coefficient (Wildman–Crippen LogP) is 2.91. The van der Waals surface area contributed by atoms with Gasteiger partial charge in [-0.1, -0.05) is 13.3 Å². The summed E-state index contributed by atoms with van der Waals surface area (Å²) in [6.45, 7) is 6.83. The molecule has 0 aliphatic carbocycles. The van der Waals surface area contributed by atoms with E-state index in [1.165, 1.54) is 0 Å². The largest absolute Gasteiger partial charge is 0.384 e. The fourth-order valence-electron chi connectivity index (χ4n) is 2.39. The molecule has 1 aliphatic rings. The molecule has 1 fully saturated rings. The number of methoxy groups -OCH3 is 2. The van der Waals surface area contributed by atoms with Crippen LogP contribution in [0.4, 0.5) is 0 Å². The second-order valence-electron chi connectivity index (χ2n) is 5.40. The Bertz CT molecular complexity index is 229. The summed E-state index contributed by atoms with van der Waals surface area (Å²) in [4.78, 5) is 11.1. The topological polar surface area (TPSA) is 36.9 Å². The van der Waals surface area contributed by atoms with Gasteiger partial charge in [0.1, 0.15) is 0 Å². The number of ether oxygens (including phenoxy) is 2. The molecule has 102 valence electrons. The van der Waals surface area contributed by atoms with E-state index in [1.807, 2.05) is 13.8 Å². The van der Waals surface area contributed by atoms with E-state index >= 15 is 0 Å². The van der Waals surface area contributed by atoms with Gasteiger partial charge in [0.05, 0.1) is 12.2 Å². The highest BCUT2D eigenvalue weighted by Gasteiger charge is 2.49. The van der Waals surface area contributed by atoms with Crippen LogP contribution in [0, 0.1) is 5.92 Å². The molecular formula is C13H26O4. The lowest BCUT2D eigenvalue weighted by atomic mass is 9.84. The Hall–Kier alpha value is -0.160. The maximum absolute atomic E-state index is 5.61. The van der Waals surface area contributed by atoms with Gasteiger partial charge in [0.15, 0.2) is 0 Å². The molecule has 0 N–H and O–H groups in total. The van der Waals surface area contributed by atoms with Gasteiger partial charge in [-0.15, -0.1) is 0 Å². The third-order valence-corrected chi connectivity index (χ3v) is 3.36.